The smallest absolute Gasteiger partial charge is 0.307 e. The van der Waals surface area contributed by atoms with Gasteiger partial charge in [-0.15, -0.1) is 0 Å². The van der Waals surface area contributed by atoms with Crippen molar-refractivity contribution < 1.29 is 24.2 Å². The van der Waals surface area contributed by atoms with Crippen LogP contribution in [-0.2, 0) is 19.1 Å². The Morgan fingerprint density at radius 2 is 2.04 bits per heavy atom. The molecular formula is C18H19NO5. The maximum Gasteiger partial charge on any atom is 0.307 e. The van der Waals surface area contributed by atoms with Crippen LogP contribution in [0.15, 0.2) is 47.8 Å². The van der Waals surface area contributed by atoms with E-state index in [2.05, 4.69) is 6.08 Å². The van der Waals surface area contributed by atoms with Gasteiger partial charge in [0.2, 0.25) is 11.5 Å². The maximum absolute atomic E-state index is 12.4. The number of hydrogen-bond donors (Lipinski definition) is 1. The predicted molar refractivity (Wildman–Crippen MR) is 84.3 cm³/mol. The van der Waals surface area contributed by atoms with Crippen LogP contribution in [0.3, 0.4) is 0 Å². The molecule has 6 heteroatoms. The Kier molecular flexibility index (Phi) is 3.76. The quantitative estimate of drug-likeness (QED) is 0.829. The number of hydrogen-bond acceptors (Lipinski definition) is 5. The molecule has 0 aromatic rings. The number of fused-ring (bicyclic) bond motifs is 1. The van der Waals surface area contributed by atoms with E-state index < -0.39 is 5.97 Å². The van der Waals surface area contributed by atoms with Gasteiger partial charge in [-0.25, -0.2) is 0 Å². The van der Waals surface area contributed by atoms with Crippen molar-refractivity contribution in [3.8, 4) is 0 Å². The number of Topliss-reactive ketones (excluding diaryl/α,β-unsaturated/α-hetero) is 1. The first kappa shape index (κ1) is 15.2. The van der Waals surface area contributed by atoms with Crippen molar-refractivity contribution >= 4 is 11.8 Å². The summed E-state index contributed by atoms with van der Waals surface area (Å²) in [7, 11) is 0. The van der Waals surface area contributed by atoms with Crippen molar-refractivity contribution in [1.29, 1.82) is 0 Å². The van der Waals surface area contributed by atoms with Crippen LogP contribution < -0.4 is 0 Å². The normalized spacial score (nSPS) is 31.2. The van der Waals surface area contributed by atoms with Crippen molar-refractivity contribution in [2.75, 3.05) is 19.6 Å². The van der Waals surface area contributed by atoms with E-state index in [0.29, 0.717) is 18.8 Å². The number of carboxylic acid groups (broad SMARTS) is 1. The molecule has 0 aromatic carbocycles. The van der Waals surface area contributed by atoms with Crippen LogP contribution in [0, 0.1) is 17.8 Å². The van der Waals surface area contributed by atoms with E-state index in [0.717, 1.165) is 18.4 Å². The largest absolute Gasteiger partial charge is 0.481 e. The summed E-state index contributed by atoms with van der Waals surface area (Å²) in [5.41, 5.74) is 1.02. The Bertz CT molecular complexity index is 690. The van der Waals surface area contributed by atoms with Gasteiger partial charge in [0.15, 0.2) is 5.76 Å². The summed E-state index contributed by atoms with van der Waals surface area (Å²) < 4.78 is 11.0. The third kappa shape index (κ3) is 2.78. The zero-order chi connectivity index (χ0) is 16.7. The molecule has 0 radical (unpaired) electrons. The number of carbonyl (C=O) groups excluding carboxylic acids is 1. The van der Waals surface area contributed by atoms with Gasteiger partial charge in [-0.05, 0) is 30.3 Å². The number of likely N-dealkylation sites (tertiary alicyclic amines) is 1. The lowest BCUT2D eigenvalue weighted by Crippen LogP contribution is -2.32. The fraction of sp³-hybridized carbons (Fsp3) is 0.444. The van der Waals surface area contributed by atoms with Crippen LogP contribution in [0.2, 0.25) is 0 Å². The molecule has 126 valence electrons. The van der Waals surface area contributed by atoms with Gasteiger partial charge in [0.1, 0.15) is 12.5 Å². The number of ketones is 1. The van der Waals surface area contributed by atoms with Crippen LogP contribution in [-0.4, -0.2) is 41.4 Å². The van der Waals surface area contributed by atoms with E-state index in [9.17, 15) is 9.59 Å². The van der Waals surface area contributed by atoms with Gasteiger partial charge < -0.3 is 14.6 Å². The molecule has 2 atom stereocenters. The number of carbonyl (C=O) groups is 2. The fourth-order valence-electron chi connectivity index (χ4n) is 3.79. The van der Waals surface area contributed by atoms with Crippen molar-refractivity contribution in [1.82, 2.24) is 4.90 Å². The van der Waals surface area contributed by atoms with Gasteiger partial charge in [0, 0.05) is 13.1 Å². The van der Waals surface area contributed by atoms with Crippen molar-refractivity contribution in [2.24, 2.45) is 17.8 Å². The molecule has 4 aliphatic rings. The molecule has 0 amide bonds. The molecule has 1 saturated carbocycles. The molecule has 2 heterocycles. The molecule has 4 rings (SSSR count). The molecule has 0 spiro atoms. The van der Waals surface area contributed by atoms with E-state index in [4.69, 9.17) is 14.6 Å². The zero-order valence-electron chi connectivity index (χ0n) is 13.2. The van der Waals surface area contributed by atoms with Crippen LogP contribution in [0.5, 0.6) is 0 Å². The molecule has 0 aromatic heterocycles. The highest BCUT2D eigenvalue weighted by atomic mass is 16.5. The van der Waals surface area contributed by atoms with Crippen LogP contribution in [0.4, 0.5) is 0 Å². The SMILES string of the molecule is O=C(CN1CC2C(C1)C2C(=O)O)C1=COC=C(C2=CC=CCC2)O1. The van der Waals surface area contributed by atoms with Gasteiger partial charge >= 0.3 is 5.97 Å². The van der Waals surface area contributed by atoms with Crippen LogP contribution >= 0.6 is 0 Å². The Morgan fingerprint density at radius 1 is 1.25 bits per heavy atom. The average molecular weight is 329 g/mol. The molecule has 6 nitrogen and oxygen atoms in total. The lowest BCUT2D eigenvalue weighted by molar-refractivity contribution is -0.139. The van der Waals surface area contributed by atoms with E-state index in [1.165, 1.54) is 12.5 Å². The molecule has 2 unspecified atom stereocenters. The minimum absolute atomic E-state index is 0.138. The monoisotopic (exact) mass is 329 g/mol. The molecule has 2 aliphatic heterocycles. The summed E-state index contributed by atoms with van der Waals surface area (Å²) in [6.45, 7) is 1.57. The first-order chi connectivity index (χ1) is 11.6. The number of allylic oxidation sites excluding steroid dienone is 4. The lowest BCUT2D eigenvalue weighted by Gasteiger charge is -2.21. The second-order valence-electron chi connectivity index (χ2n) is 6.67. The van der Waals surface area contributed by atoms with E-state index in [-0.39, 0.29) is 35.8 Å². The molecule has 1 N–H and O–H groups in total. The van der Waals surface area contributed by atoms with Gasteiger partial charge in [-0.2, -0.15) is 0 Å². The Balaban J connectivity index is 1.32. The highest BCUT2D eigenvalue weighted by Crippen LogP contribution is 2.51. The number of rotatable bonds is 5. The minimum atomic E-state index is -0.715. The van der Waals surface area contributed by atoms with Crippen molar-refractivity contribution in [3.05, 3.63) is 47.8 Å². The number of piperidine rings is 1. The fourth-order valence-corrected chi connectivity index (χ4v) is 3.79. The van der Waals surface area contributed by atoms with Crippen LogP contribution in [0.1, 0.15) is 12.8 Å². The lowest BCUT2D eigenvalue weighted by atomic mass is 10.0. The Morgan fingerprint density at radius 3 is 2.71 bits per heavy atom. The van der Waals surface area contributed by atoms with Gasteiger partial charge in [-0.3, -0.25) is 14.5 Å². The number of aliphatic carboxylic acids is 1. The summed E-state index contributed by atoms with van der Waals surface area (Å²) >= 11 is 0. The molecule has 24 heavy (non-hydrogen) atoms. The molecule has 2 fully saturated rings. The second kappa shape index (κ2) is 5.94. The van der Waals surface area contributed by atoms with E-state index in [1.54, 1.807) is 0 Å². The zero-order valence-corrected chi connectivity index (χ0v) is 13.2. The third-order valence-corrected chi connectivity index (χ3v) is 5.10. The van der Waals surface area contributed by atoms with Gasteiger partial charge in [0.25, 0.3) is 0 Å². The van der Waals surface area contributed by atoms with E-state index in [1.807, 2.05) is 17.1 Å². The number of ether oxygens (including phenoxy) is 2. The molecule has 1 saturated heterocycles. The molecular weight excluding hydrogens is 310 g/mol. The van der Waals surface area contributed by atoms with Gasteiger partial charge in [-0.1, -0.05) is 18.2 Å². The van der Waals surface area contributed by atoms with E-state index >= 15 is 0 Å². The summed E-state index contributed by atoms with van der Waals surface area (Å²) in [5, 5.41) is 9.04. The first-order valence-electron chi connectivity index (χ1n) is 8.21. The highest BCUT2D eigenvalue weighted by molar-refractivity contribution is 5.95. The van der Waals surface area contributed by atoms with Crippen molar-refractivity contribution in [3.63, 3.8) is 0 Å². The first-order valence-corrected chi connectivity index (χ1v) is 8.21. The third-order valence-electron chi connectivity index (χ3n) is 5.10. The molecule has 2 aliphatic carbocycles. The molecule has 0 bridgehead atoms. The van der Waals surface area contributed by atoms with Crippen LogP contribution in [0.25, 0.3) is 0 Å². The standard InChI is InChI=1S/C18H19NO5/c20-14(8-19-6-12-13(7-19)17(12)18(21)22)16-10-23-9-15(24-16)11-4-2-1-3-5-11/h1-2,4,9-10,12-13,17H,3,5-8H2,(H,21,22). The Hall–Kier alpha value is -2.34. The van der Waals surface area contributed by atoms with Gasteiger partial charge in [0.05, 0.1) is 12.5 Å². The highest BCUT2D eigenvalue weighted by Gasteiger charge is 2.59. The number of carboxylic acids is 1. The maximum atomic E-state index is 12.4. The Labute approximate surface area is 139 Å². The average Bonchev–Trinajstić information content (AvgIpc) is 3.13. The summed E-state index contributed by atoms with van der Waals surface area (Å²) in [6, 6.07) is 0. The predicted octanol–water partition coefficient (Wildman–Crippen LogP) is 1.82. The summed E-state index contributed by atoms with van der Waals surface area (Å²) in [6.07, 6.45) is 10.7. The second-order valence-corrected chi connectivity index (χ2v) is 6.67. The van der Waals surface area contributed by atoms with Crippen molar-refractivity contribution in [2.45, 2.75) is 12.8 Å². The number of nitrogens with zero attached hydrogens (tertiary/aromatic N) is 1. The topological polar surface area (TPSA) is 76.1 Å². The summed E-state index contributed by atoms with van der Waals surface area (Å²) in [5.74, 6) is 0.113. The minimum Gasteiger partial charge on any atom is -0.481 e. The summed E-state index contributed by atoms with van der Waals surface area (Å²) in [4.78, 5) is 25.4.